The van der Waals surface area contributed by atoms with Crippen LogP contribution in [0.3, 0.4) is 0 Å². The summed E-state index contributed by atoms with van der Waals surface area (Å²) in [6.45, 7) is 8.71. The molecule has 1 aliphatic heterocycles. The molecule has 4 atom stereocenters. The summed E-state index contributed by atoms with van der Waals surface area (Å²) in [5.41, 5.74) is 0. The third-order valence-corrected chi connectivity index (χ3v) is 5.09. The highest BCUT2D eigenvalue weighted by molar-refractivity contribution is 4.91. The molecular weight excluding hydrogens is 236 g/mol. The van der Waals surface area contributed by atoms with E-state index in [1.165, 1.54) is 32.1 Å². The second-order valence-electron chi connectivity index (χ2n) is 6.37. The van der Waals surface area contributed by atoms with Crippen LogP contribution in [0, 0.1) is 11.8 Å². The van der Waals surface area contributed by atoms with E-state index in [4.69, 9.17) is 4.74 Å². The van der Waals surface area contributed by atoms with Gasteiger partial charge in [0.05, 0.1) is 12.7 Å². The van der Waals surface area contributed by atoms with Crippen LogP contribution in [0.2, 0.25) is 0 Å². The van der Waals surface area contributed by atoms with Crippen LogP contribution in [0.4, 0.5) is 0 Å². The van der Waals surface area contributed by atoms with E-state index in [-0.39, 0.29) is 0 Å². The third kappa shape index (κ3) is 3.93. The molecule has 19 heavy (non-hydrogen) atoms. The van der Waals surface area contributed by atoms with E-state index in [2.05, 4.69) is 31.1 Å². The van der Waals surface area contributed by atoms with Crippen molar-refractivity contribution in [1.29, 1.82) is 0 Å². The summed E-state index contributed by atoms with van der Waals surface area (Å²) >= 11 is 0. The standard InChI is InChI=1S/C16H32N2O/c1-4-13-8-6-7-9-14(13)16(17-5-2)15-12-18(3)10-11-19-15/h13-17H,4-12H2,1-3H3. The molecule has 2 fully saturated rings. The average Bonchev–Trinajstić information content (AvgIpc) is 2.45. The van der Waals surface area contributed by atoms with Crippen molar-refractivity contribution >= 4 is 0 Å². The van der Waals surface area contributed by atoms with Crippen LogP contribution in [-0.2, 0) is 4.74 Å². The van der Waals surface area contributed by atoms with Crippen LogP contribution in [0.5, 0.6) is 0 Å². The fourth-order valence-corrected chi connectivity index (χ4v) is 4.04. The summed E-state index contributed by atoms with van der Waals surface area (Å²) in [5, 5.41) is 3.76. The van der Waals surface area contributed by atoms with Gasteiger partial charge in [0.2, 0.25) is 0 Å². The Morgan fingerprint density at radius 3 is 2.74 bits per heavy atom. The second-order valence-corrected chi connectivity index (χ2v) is 6.37. The lowest BCUT2D eigenvalue weighted by Gasteiger charge is -2.43. The third-order valence-electron chi connectivity index (χ3n) is 5.09. The number of ether oxygens (including phenoxy) is 1. The minimum atomic E-state index is 0.385. The van der Waals surface area contributed by atoms with E-state index < -0.39 is 0 Å². The molecule has 0 aromatic heterocycles. The van der Waals surface area contributed by atoms with Gasteiger partial charge < -0.3 is 15.0 Å². The minimum Gasteiger partial charge on any atom is -0.374 e. The quantitative estimate of drug-likeness (QED) is 0.829. The molecule has 0 aromatic rings. The molecular formula is C16H32N2O. The summed E-state index contributed by atoms with van der Waals surface area (Å²) in [4.78, 5) is 2.42. The van der Waals surface area contributed by atoms with Crippen LogP contribution < -0.4 is 5.32 Å². The summed E-state index contributed by atoms with van der Waals surface area (Å²) < 4.78 is 6.10. The van der Waals surface area contributed by atoms with Crippen molar-refractivity contribution in [2.75, 3.05) is 33.3 Å². The number of morpholine rings is 1. The predicted molar refractivity (Wildman–Crippen MR) is 80.4 cm³/mol. The lowest BCUT2D eigenvalue weighted by Crippen LogP contribution is -2.55. The maximum atomic E-state index is 6.10. The Labute approximate surface area is 119 Å². The van der Waals surface area contributed by atoms with Crippen molar-refractivity contribution in [3.05, 3.63) is 0 Å². The molecule has 0 aromatic carbocycles. The SMILES string of the molecule is CCNC(C1CN(C)CCO1)C1CCCCC1CC. The summed E-state index contributed by atoms with van der Waals surface area (Å²) in [7, 11) is 2.22. The van der Waals surface area contributed by atoms with Gasteiger partial charge in [0, 0.05) is 19.1 Å². The maximum absolute atomic E-state index is 6.10. The summed E-state index contributed by atoms with van der Waals surface area (Å²) in [6, 6.07) is 0.554. The predicted octanol–water partition coefficient (Wildman–Crippen LogP) is 2.51. The Balaban J connectivity index is 2.04. The topological polar surface area (TPSA) is 24.5 Å². The average molecular weight is 268 g/mol. The fourth-order valence-electron chi connectivity index (χ4n) is 4.04. The highest BCUT2D eigenvalue weighted by Gasteiger charge is 2.36. The van der Waals surface area contributed by atoms with Crippen molar-refractivity contribution in [3.63, 3.8) is 0 Å². The Kier molecular flexibility index (Phi) is 6.11. The zero-order chi connectivity index (χ0) is 13.7. The van der Waals surface area contributed by atoms with Crippen molar-refractivity contribution in [2.24, 2.45) is 11.8 Å². The van der Waals surface area contributed by atoms with Crippen molar-refractivity contribution in [1.82, 2.24) is 10.2 Å². The maximum Gasteiger partial charge on any atom is 0.0857 e. The number of likely N-dealkylation sites (N-methyl/N-ethyl adjacent to an activating group) is 2. The summed E-state index contributed by atoms with van der Waals surface area (Å²) in [6.07, 6.45) is 7.36. The largest absolute Gasteiger partial charge is 0.374 e. The molecule has 0 spiro atoms. The van der Waals surface area contributed by atoms with Gasteiger partial charge in [-0.1, -0.05) is 39.5 Å². The van der Waals surface area contributed by atoms with Crippen LogP contribution in [0.1, 0.15) is 46.0 Å². The fraction of sp³-hybridized carbons (Fsp3) is 1.00. The Bertz CT molecular complexity index is 259. The first-order valence-electron chi connectivity index (χ1n) is 8.29. The minimum absolute atomic E-state index is 0.385. The van der Waals surface area contributed by atoms with E-state index in [0.29, 0.717) is 12.1 Å². The lowest BCUT2D eigenvalue weighted by molar-refractivity contribution is -0.0585. The molecule has 1 heterocycles. The molecule has 3 nitrogen and oxygen atoms in total. The lowest BCUT2D eigenvalue weighted by atomic mass is 9.72. The van der Waals surface area contributed by atoms with Gasteiger partial charge in [0.1, 0.15) is 0 Å². The molecule has 2 aliphatic rings. The van der Waals surface area contributed by atoms with Crippen LogP contribution in [-0.4, -0.2) is 50.3 Å². The van der Waals surface area contributed by atoms with Gasteiger partial charge in [-0.3, -0.25) is 0 Å². The molecule has 4 unspecified atom stereocenters. The van der Waals surface area contributed by atoms with Gasteiger partial charge in [-0.15, -0.1) is 0 Å². The number of nitrogens with one attached hydrogen (secondary N) is 1. The van der Waals surface area contributed by atoms with Gasteiger partial charge >= 0.3 is 0 Å². The van der Waals surface area contributed by atoms with E-state index in [1.807, 2.05) is 0 Å². The smallest absolute Gasteiger partial charge is 0.0857 e. The van der Waals surface area contributed by atoms with Gasteiger partial charge in [-0.25, -0.2) is 0 Å². The highest BCUT2D eigenvalue weighted by atomic mass is 16.5. The van der Waals surface area contributed by atoms with Crippen molar-refractivity contribution in [3.8, 4) is 0 Å². The zero-order valence-corrected chi connectivity index (χ0v) is 13.0. The normalized spacial score (nSPS) is 35.2. The van der Waals surface area contributed by atoms with E-state index in [9.17, 15) is 0 Å². The molecule has 112 valence electrons. The van der Waals surface area contributed by atoms with E-state index in [0.717, 1.165) is 38.1 Å². The van der Waals surface area contributed by atoms with Crippen LogP contribution in [0.15, 0.2) is 0 Å². The molecule has 0 amide bonds. The molecule has 2 rings (SSSR count). The van der Waals surface area contributed by atoms with Gasteiger partial charge in [0.15, 0.2) is 0 Å². The number of rotatable bonds is 5. The van der Waals surface area contributed by atoms with Crippen LogP contribution >= 0.6 is 0 Å². The van der Waals surface area contributed by atoms with Crippen LogP contribution in [0.25, 0.3) is 0 Å². The molecule has 1 saturated carbocycles. The zero-order valence-electron chi connectivity index (χ0n) is 13.0. The summed E-state index contributed by atoms with van der Waals surface area (Å²) in [5.74, 6) is 1.71. The molecule has 1 N–H and O–H groups in total. The molecule has 1 saturated heterocycles. The number of hydrogen-bond acceptors (Lipinski definition) is 3. The Morgan fingerprint density at radius 2 is 2.05 bits per heavy atom. The van der Waals surface area contributed by atoms with Crippen molar-refractivity contribution in [2.45, 2.75) is 58.1 Å². The number of hydrogen-bond donors (Lipinski definition) is 1. The monoisotopic (exact) mass is 268 g/mol. The highest BCUT2D eigenvalue weighted by Crippen LogP contribution is 2.36. The van der Waals surface area contributed by atoms with Gasteiger partial charge in [-0.05, 0) is 31.8 Å². The van der Waals surface area contributed by atoms with Gasteiger partial charge in [0.25, 0.3) is 0 Å². The van der Waals surface area contributed by atoms with Gasteiger partial charge in [-0.2, -0.15) is 0 Å². The molecule has 0 radical (unpaired) electrons. The molecule has 3 heteroatoms. The second kappa shape index (κ2) is 7.61. The van der Waals surface area contributed by atoms with Crippen molar-refractivity contribution < 1.29 is 4.74 Å². The Morgan fingerprint density at radius 1 is 1.26 bits per heavy atom. The van der Waals surface area contributed by atoms with E-state index >= 15 is 0 Å². The molecule has 0 bridgehead atoms. The first-order valence-corrected chi connectivity index (χ1v) is 8.29. The number of nitrogens with zero attached hydrogens (tertiary/aromatic N) is 1. The molecule has 1 aliphatic carbocycles. The Hall–Kier alpha value is -0.120. The van der Waals surface area contributed by atoms with E-state index in [1.54, 1.807) is 0 Å². The first kappa shape index (κ1) is 15.3. The first-order chi connectivity index (χ1) is 9.26.